The maximum atomic E-state index is 9.00. The maximum Gasteiger partial charge on any atom is 0.174 e. The van der Waals surface area contributed by atoms with Crippen LogP contribution in [0.4, 0.5) is 5.69 Å². The maximum absolute atomic E-state index is 9.00. The number of anilines is 1. The lowest BCUT2D eigenvalue weighted by molar-refractivity contribution is 0.318. The minimum atomic E-state index is 0.0953. The fraction of sp³-hybridized carbons (Fsp3) is 0.600. The van der Waals surface area contributed by atoms with E-state index < -0.39 is 0 Å². The third-order valence-electron chi connectivity index (χ3n) is 3.89. The molecule has 1 aromatic rings. The van der Waals surface area contributed by atoms with Gasteiger partial charge in [0.05, 0.1) is 16.9 Å². The van der Waals surface area contributed by atoms with Gasteiger partial charge in [-0.2, -0.15) is 0 Å². The molecule has 20 heavy (non-hydrogen) atoms. The van der Waals surface area contributed by atoms with Crippen molar-refractivity contribution in [2.24, 2.45) is 16.3 Å². The Bertz CT molecular complexity index is 517. The predicted molar refractivity (Wildman–Crippen MR) is 83.5 cm³/mol. The number of pyridine rings is 1. The zero-order chi connectivity index (χ0) is 15.7. The van der Waals surface area contributed by atoms with Crippen LogP contribution in [-0.2, 0) is 0 Å². The number of nitrogens with zero attached hydrogens (tertiary/aromatic N) is 3. The van der Waals surface area contributed by atoms with Crippen LogP contribution in [0.2, 0.25) is 0 Å². The van der Waals surface area contributed by atoms with Crippen LogP contribution in [0.5, 0.6) is 0 Å². The third kappa shape index (κ3) is 3.21. The van der Waals surface area contributed by atoms with Gasteiger partial charge in [0.15, 0.2) is 5.84 Å². The Morgan fingerprint density at radius 1 is 1.40 bits per heavy atom. The van der Waals surface area contributed by atoms with E-state index >= 15 is 0 Å². The van der Waals surface area contributed by atoms with Gasteiger partial charge < -0.3 is 15.8 Å². The third-order valence-corrected chi connectivity index (χ3v) is 3.89. The Kier molecular flexibility index (Phi) is 4.63. The van der Waals surface area contributed by atoms with Gasteiger partial charge in [-0.1, -0.05) is 25.9 Å². The van der Waals surface area contributed by atoms with E-state index in [0.717, 1.165) is 17.1 Å². The summed E-state index contributed by atoms with van der Waals surface area (Å²) in [5.74, 6) is 0.0953. The lowest BCUT2D eigenvalue weighted by Gasteiger charge is -2.38. The van der Waals surface area contributed by atoms with E-state index in [9.17, 15) is 0 Å². The largest absolute Gasteiger partial charge is 0.409 e. The van der Waals surface area contributed by atoms with E-state index in [-0.39, 0.29) is 17.3 Å². The van der Waals surface area contributed by atoms with Crippen LogP contribution in [0.15, 0.2) is 11.2 Å². The molecule has 1 aromatic heterocycles. The summed E-state index contributed by atoms with van der Waals surface area (Å²) < 4.78 is 0. The van der Waals surface area contributed by atoms with Gasteiger partial charge in [0.2, 0.25) is 0 Å². The summed E-state index contributed by atoms with van der Waals surface area (Å²) in [4.78, 5) is 6.57. The molecule has 1 unspecified atom stereocenters. The second-order valence-electron chi connectivity index (χ2n) is 6.38. The molecule has 0 fully saturated rings. The first-order valence-electron chi connectivity index (χ1n) is 6.78. The molecule has 0 aliphatic rings. The van der Waals surface area contributed by atoms with E-state index in [1.54, 1.807) is 0 Å². The van der Waals surface area contributed by atoms with Crippen LogP contribution in [0.3, 0.4) is 0 Å². The number of oxime groups is 1. The molecule has 0 radical (unpaired) electrons. The molecule has 0 saturated carbocycles. The normalized spacial score (nSPS) is 14.2. The fourth-order valence-electron chi connectivity index (χ4n) is 2.24. The van der Waals surface area contributed by atoms with E-state index in [0.29, 0.717) is 5.56 Å². The SMILES string of the molecule is Cc1cc(N(C)C(C)C(C)(C)C)c(/C(N)=N/O)c(C)n1. The molecule has 5 heteroatoms. The topological polar surface area (TPSA) is 74.7 Å². The molecule has 0 bridgehead atoms. The minimum absolute atomic E-state index is 0.0953. The van der Waals surface area contributed by atoms with Crippen LogP contribution in [0, 0.1) is 19.3 Å². The lowest BCUT2D eigenvalue weighted by Crippen LogP contribution is -2.40. The van der Waals surface area contributed by atoms with E-state index in [2.05, 4.69) is 42.7 Å². The molecule has 0 amide bonds. The number of hydrogen-bond acceptors (Lipinski definition) is 4. The summed E-state index contributed by atoms with van der Waals surface area (Å²) in [5.41, 5.74) is 9.25. The van der Waals surface area contributed by atoms with Crippen molar-refractivity contribution in [2.75, 3.05) is 11.9 Å². The molecule has 112 valence electrons. The monoisotopic (exact) mass is 278 g/mol. The lowest BCUT2D eigenvalue weighted by atomic mass is 9.86. The fourth-order valence-corrected chi connectivity index (χ4v) is 2.24. The number of hydrogen-bond donors (Lipinski definition) is 2. The summed E-state index contributed by atoms with van der Waals surface area (Å²) in [6.07, 6.45) is 0. The Labute approximate surface area is 121 Å². The molecule has 1 rings (SSSR count). The van der Waals surface area contributed by atoms with E-state index in [4.69, 9.17) is 10.9 Å². The highest BCUT2D eigenvalue weighted by Crippen LogP contribution is 2.30. The van der Waals surface area contributed by atoms with Crippen molar-refractivity contribution in [2.45, 2.75) is 47.6 Å². The molecule has 0 aliphatic carbocycles. The van der Waals surface area contributed by atoms with Crippen LogP contribution in [-0.4, -0.2) is 29.1 Å². The van der Waals surface area contributed by atoms with Crippen molar-refractivity contribution >= 4 is 11.5 Å². The number of aryl methyl sites for hydroxylation is 2. The van der Waals surface area contributed by atoms with Crippen molar-refractivity contribution in [3.05, 3.63) is 23.0 Å². The van der Waals surface area contributed by atoms with Crippen LogP contribution in [0.1, 0.15) is 44.6 Å². The molecule has 5 nitrogen and oxygen atoms in total. The number of aromatic nitrogens is 1. The molecule has 0 spiro atoms. The van der Waals surface area contributed by atoms with Gasteiger partial charge in [-0.25, -0.2) is 0 Å². The van der Waals surface area contributed by atoms with Gasteiger partial charge in [0.1, 0.15) is 0 Å². The second kappa shape index (κ2) is 5.69. The highest BCUT2D eigenvalue weighted by Gasteiger charge is 2.27. The molecule has 3 N–H and O–H groups in total. The first kappa shape index (κ1) is 16.3. The molecular formula is C15H26N4O. The Balaban J connectivity index is 3.44. The van der Waals surface area contributed by atoms with Crippen molar-refractivity contribution < 1.29 is 5.21 Å². The molecule has 1 atom stereocenters. The first-order valence-corrected chi connectivity index (χ1v) is 6.78. The van der Waals surface area contributed by atoms with Crippen LogP contribution < -0.4 is 10.6 Å². The minimum Gasteiger partial charge on any atom is -0.409 e. The number of rotatable bonds is 3. The van der Waals surface area contributed by atoms with E-state index in [1.807, 2.05) is 27.0 Å². The van der Waals surface area contributed by atoms with Gasteiger partial charge in [0.25, 0.3) is 0 Å². The smallest absolute Gasteiger partial charge is 0.174 e. The predicted octanol–water partition coefficient (Wildman–Crippen LogP) is 2.66. The van der Waals surface area contributed by atoms with Crippen LogP contribution >= 0.6 is 0 Å². The van der Waals surface area contributed by atoms with Gasteiger partial charge in [-0.15, -0.1) is 0 Å². The average Bonchev–Trinajstić information content (AvgIpc) is 2.34. The Morgan fingerprint density at radius 2 is 1.95 bits per heavy atom. The zero-order valence-corrected chi connectivity index (χ0v) is 13.5. The molecule has 0 aliphatic heterocycles. The summed E-state index contributed by atoms with van der Waals surface area (Å²) in [7, 11) is 2.03. The number of amidine groups is 1. The summed E-state index contributed by atoms with van der Waals surface area (Å²) in [6.45, 7) is 12.6. The highest BCUT2D eigenvalue weighted by atomic mass is 16.4. The summed E-state index contributed by atoms with van der Waals surface area (Å²) >= 11 is 0. The Hall–Kier alpha value is -1.78. The van der Waals surface area contributed by atoms with Crippen molar-refractivity contribution in [1.29, 1.82) is 0 Å². The first-order chi connectivity index (χ1) is 9.09. The van der Waals surface area contributed by atoms with Gasteiger partial charge in [-0.3, -0.25) is 4.98 Å². The second-order valence-corrected chi connectivity index (χ2v) is 6.38. The average molecular weight is 278 g/mol. The van der Waals surface area contributed by atoms with Crippen molar-refractivity contribution in [3.8, 4) is 0 Å². The number of nitrogens with two attached hydrogens (primary N) is 1. The molecule has 0 aromatic carbocycles. The van der Waals surface area contributed by atoms with Crippen molar-refractivity contribution in [3.63, 3.8) is 0 Å². The molecular weight excluding hydrogens is 252 g/mol. The quantitative estimate of drug-likeness (QED) is 0.386. The standard InChI is InChI=1S/C15H26N4O/c1-9-8-12(19(7)11(3)15(4,5)6)13(10(2)17-9)14(16)18-20/h8,11,20H,1-7H3,(H2,16,18). The summed E-state index contributed by atoms with van der Waals surface area (Å²) in [6, 6.07) is 2.26. The van der Waals surface area contributed by atoms with E-state index in [1.165, 1.54) is 0 Å². The van der Waals surface area contributed by atoms with Gasteiger partial charge in [-0.05, 0) is 32.3 Å². The molecule has 1 heterocycles. The Morgan fingerprint density at radius 3 is 2.40 bits per heavy atom. The summed E-state index contributed by atoms with van der Waals surface area (Å²) in [5, 5.41) is 12.1. The van der Waals surface area contributed by atoms with Gasteiger partial charge >= 0.3 is 0 Å². The highest BCUT2D eigenvalue weighted by molar-refractivity contribution is 6.03. The zero-order valence-electron chi connectivity index (χ0n) is 13.5. The van der Waals surface area contributed by atoms with Crippen molar-refractivity contribution in [1.82, 2.24) is 4.98 Å². The molecule has 0 saturated heterocycles. The van der Waals surface area contributed by atoms with Gasteiger partial charge in [0, 0.05) is 18.8 Å². The van der Waals surface area contributed by atoms with Crippen LogP contribution in [0.25, 0.3) is 0 Å².